The van der Waals surface area contributed by atoms with Crippen molar-refractivity contribution in [3.63, 3.8) is 0 Å². The second-order valence-corrected chi connectivity index (χ2v) is 4.28. The SMILES string of the molecule is NC(=O)c1csc(CNCC(F)(F)CO)c1. The molecule has 0 fully saturated rings. The fourth-order valence-corrected chi connectivity index (χ4v) is 1.87. The lowest BCUT2D eigenvalue weighted by atomic mass is 10.3. The van der Waals surface area contributed by atoms with Crippen LogP contribution in [0.25, 0.3) is 0 Å². The number of rotatable bonds is 6. The van der Waals surface area contributed by atoms with Crippen molar-refractivity contribution in [3.8, 4) is 0 Å². The topological polar surface area (TPSA) is 75.4 Å². The van der Waals surface area contributed by atoms with Gasteiger partial charge in [-0.3, -0.25) is 4.79 Å². The molecule has 1 heterocycles. The first-order chi connectivity index (χ1) is 7.44. The molecule has 0 radical (unpaired) electrons. The predicted molar refractivity (Wildman–Crippen MR) is 56.6 cm³/mol. The summed E-state index contributed by atoms with van der Waals surface area (Å²) in [6.07, 6.45) is 0. The number of alkyl halides is 2. The van der Waals surface area contributed by atoms with Crippen LogP contribution in [0.4, 0.5) is 8.78 Å². The molecule has 0 unspecified atom stereocenters. The van der Waals surface area contributed by atoms with Crippen LogP contribution in [0.2, 0.25) is 0 Å². The predicted octanol–water partition coefficient (Wildman–Crippen LogP) is 0.564. The molecule has 4 nitrogen and oxygen atoms in total. The Hall–Kier alpha value is -1.05. The van der Waals surface area contributed by atoms with Crippen molar-refractivity contribution in [2.24, 2.45) is 5.73 Å². The number of nitrogens with two attached hydrogens (primary N) is 1. The molecule has 1 aromatic heterocycles. The highest BCUT2D eigenvalue weighted by Gasteiger charge is 2.26. The Morgan fingerprint density at radius 1 is 1.62 bits per heavy atom. The molecule has 16 heavy (non-hydrogen) atoms. The van der Waals surface area contributed by atoms with Gasteiger partial charge >= 0.3 is 0 Å². The summed E-state index contributed by atoms with van der Waals surface area (Å²) in [5.41, 5.74) is 5.41. The highest BCUT2D eigenvalue weighted by Crippen LogP contribution is 2.15. The molecule has 7 heteroatoms. The second kappa shape index (κ2) is 5.33. The highest BCUT2D eigenvalue weighted by molar-refractivity contribution is 7.10. The van der Waals surface area contributed by atoms with Gasteiger partial charge in [-0.1, -0.05) is 0 Å². The van der Waals surface area contributed by atoms with E-state index < -0.39 is 25.0 Å². The van der Waals surface area contributed by atoms with Crippen molar-refractivity contribution in [2.75, 3.05) is 13.2 Å². The normalized spacial score (nSPS) is 11.7. The molecule has 0 saturated heterocycles. The van der Waals surface area contributed by atoms with Gasteiger partial charge in [-0.05, 0) is 6.07 Å². The minimum absolute atomic E-state index is 0.216. The number of carbonyl (C=O) groups excluding carboxylic acids is 1. The lowest BCUT2D eigenvalue weighted by Gasteiger charge is -2.13. The molecule has 1 amide bonds. The number of primary amides is 1. The number of halogens is 2. The zero-order valence-corrected chi connectivity index (χ0v) is 9.19. The maximum Gasteiger partial charge on any atom is 0.282 e. The van der Waals surface area contributed by atoms with Crippen LogP contribution in [0.1, 0.15) is 15.2 Å². The third kappa shape index (κ3) is 3.84. The summed E-state index contributed by atoms with van der Waals surface area (Å²) in [7, 11) is 0. The van der Waals surface area contributed by atoms with Gasteiger partial charge in [0.05, 0.1) is 12.1 Å². The van der Waals surface area contributed by atoms with Crippen molar-refractivity contribution >= 4 is 17.2 Å². The van der Waals surface area contributed by atoms with Gasteiger partial charge in [0.15, 0.2) is 0 Å². The second-order valence-electron chi connectivity index (χ2n) is 3.28. The third-order valence-electron chi connectivity index (χ3n) is 1.85. The van der Waals surface area contributed by atoms with Gasteiger partial charge < -0.3 is 16.2 Å². The van der Waals surface area contributed by atoms with Crippen molar-refractivity contribution in [1.82, 2.24) is 5.32 Å². The van der Waals surface area contributed by atoms with Gasteiger partial charge in [0, 0.05) is 16.8 Å². The van der Waals surface area contributed by atoms with E-state index in [9.17, 15) is 13.6 Å². The molecule has 0 spiro atoms. The Balaban J connectivity index is 2.40. The van der Waals surface area contributed by atoms with E-state index in [0.29, 0.717) is 5.56 Å². The van der Waals surface area contributed by atoms with Crippen molar-refractivity contribution in [1.29, 1.82) is 0 Å². The van der Waals surface area contributed by atoms with Gasteiger partial charge in [0.2, 0.25) is 5.91 Å². The summed E-state index contributed by atoms with van der Waals surface area (Å²) in [5.74, 6) is -3.66. The van der Waals surface area contributed by atoms with Gasteiger partial charge in [-0.25, -0.2) is 8.78 Å². The Kier molecular flexibility index (Phi) is 4.34. The molecular weight excluding hydrogens is 238 g/mol. The monoisotopic (exact) mass is 250 g/mol. The van der Waals surface area contributed by atoms with E-state index in [4.69, 9.17) is 10.8 Å². The van der Waals surface area contributed by atoms with E-state index in [2.05, 4.69) is 5.32 Å². The Morgan fingerprint density at radius 2 is 2.31 bits per heavy atom. The first-order valence-electron chi connectivity index (χ1n) is 4.51. The maximum absolute atomic E-state index is 12.6. The van der Waals surface area contributed by atoms with Crippen LogP contribution in [0, 0.1) is 0 Å². The number of hydrogen-bond acceptors (Lipinski definition) is 4. The van der Waals surface area contributed by atoms with Gasteiger partial charge in [0.25, 0.3) is 5.92 Å². The molecule has 1 rings (SSSR count). The molecular formula is C9H12F2N2O2S. The minimum Gasteiger partial charge on any atom is -0.390 e. The molecule has 1 aromatic rings. The number of aliphatic hydroxyl groups excluding tert-OH is 1. The van der Waals surface area contributed by atoms with Crippen LogP contribution in [0.3, 0.4) is 0 Å². The molecule has 0 aromatic carbocycles. The largest absolute Gasteiger partial charge is 0.390 e. The number of hydrogen-bond donors (Lipinski definition) is 3. The molecule has 4 N–H and O–H groups in total. The zero-order valence-electron chi connectivity index (χ0n) is 8.37. The van der Waals surface area contributed by atoms with Gasteiger partial charge in [-0.2, -0.15) is 0 Å². The Labute approximate surface area is 95.1 Å². The highest BCUT2D eigenvalue weighted by atomic mass is 32.1. The van der Waals surface area contributed by atoms with Crippen LogP contribution in [0.15, 0.2) is 11.4 Å². The average molecular weight is 250 g/mol. The van der Waals surface area contributed by atoms with Gasteiger partial charge in [-0.15, -0.1) is 11.3 Å². The molecule has 0 aliphatic rings. The molecule has 90 valence electrons. The van der Waals surface area contributed by atoms with Crippen LogP contribution in [-0.4, -0.2) is 30.1 Å². The third-order valence-corrected chi connectivity index (χ3v) is 2.79. The fraction of sp³-hybridized carbons (Fsp3) is 0.444. The van der Waals surface area contributed by atoms with Crippen molar-refractivity contribution < 1.29 is 18.7 Å². The first kappa shape index (κ1) is 13.0. The number of thiophene rings is 1. The van der Waals surface area contributed by atoms with E-state index in [-0.39, 0.29) is 6.54 Å². The van der Waals surface area contributed by atoms with E-state index >= 15 is 0 Å². The standard InChI is InChI=1S/C9H12F2N2O2S/c10-9(11,5-14)4-13-2-7-1-6(3-16-7)8(12)15/h1,3,13-14H,2,4-5H2,(H2,12,15). The summed E-state index contributed by atoms with van der Waals surface area (Å²) >= 11 is 1.27. The summed E-state index contributed by atoms with van der Waals surface area (Å²) in [6, 6.07) is 1.55. The number of nitrogens with one attached hydrogen (secondary N) is 1. The fourth-order valence-electron chi connectivity index (χ4n) is 1.03. The van der Waals surface area contributed by atoms with Gasteiger partial charge in [0.1, 0.15) is 6.61 Å². The van der Waals surface area contributed by atoms with E-state index in [1.165, 1.54) is 11.3 Å². The summed E-state index contributed by atoms with van der Waals surface area (Å²) in [5, 5.41) is 12.4. The number of aliphatic hydroxyl groups is 1. The van der Waals surface area contributed by atoms with Crippen molar-refractivity contribution in [2.45, 2.75) is 12.5 Å². The molecule has 0 aliphatic heterocycles. The molecule has 0 atom stereocenters. The van der Waals surface area contributed by atoms with Crippen LogP contribution >= 0.6 is 11.3 Å². The Bertz CT molecular complexity index is 368. The van der Waals surface area contributed by atoms with E-state index in [1.807, 2.05) is 0 Å². The lowest BCUT2D eigenvalue weighted by molar-refractivity contribution is -0.0477. The molecule has 0 aliphatic carbocycles. The lowest BCUT2D eigenvalue weighted by Crippen LogP contribution is -2.35. The first-order valence-corrected chi connectivity index (χ1v) is 5.39. The molecule has 0 bridgehead atoms. The molecule has 0 saturated carbocycles. The maximum atomic E-state index is 12.6. The van der Waals surface area contributed by atoms with Crippen molar-refractivity contribution in [3.05, 3.63) is 21.9 Å². The van der Waals surface area contributed by atoms with Crippen LogP contribution < -0.4 is 11.1 Å². The quantitative estimate of drug-likeness (QED) is 0.690. The summed E-state index contributed by atoms with van der Waals surface area (Å²) in [4.78, 5) is 11.5. The van der Waals surface area contributed by atoms with E-state index in [0.717, 1.165) is 4.88 Å². The zero-order chi connectivity index (χ0) is 12.2. The number of amides is 1. The van der Waals surface area contributed by atoms with Crippen LogP contribution in [0.5, 0.6) is 0 Å². The smallest absolute Gasteiger partial charge is 0.282 e. The summed E-state index contributed by atoms with van der Waals surface area (Å²) < 4.78 is 25.2. The number of carbonyl (C=O) groups is 1. The van der Waals surface area contributed by atoms with E-state index in [1.54, 1.807) is 11.4 Å². The Morgan fingerprint density at radius 3 is 2.81 bits per heavy atom. The van der Waals surface area contributed by atoms with Crippen LogP contribution in [-0.2, 0) is 6.54 Å². The average Bonchev–Trinajstić information content (AvgIpc) is 2.66. The minimum atomic E-state index is -3.12. The summed E-state index contributed by atoms with van der Waals surface area (Å²) in [6.45, 7) is -1.57.